The van der Waals surface area contributed by atoms with Gasteiger partial charge in [0.1, 0.15) is 0 Å². The van der Waals surface area contributed by atoms with Gasteiger partial charge in [0.2, 0.25) is 0 Å². The average molecular weight is 283 g/mol. The summed E-state index contributed by atoms with van der Waals surface area (Å²) in [6.07, 6.45) is 5.91. The Morgan fingerprint density at radius 2 is 1.67 bits per heavy atom. The summed E-state index contributed by atoms with van der Waals surface area (Å²) in [6, 6.07) is 14.5. The highest BCUT2D eigenvalue weighted by atomic mass is 15.3. The molecular formula is C18H25N3. The molecule has 2 aliphatic rings. The van der Waals surface area contributed by atoms with Gasteiger partial charge in [0.05, 0.1) is 6.07 Å². The van der Waals surface area contributed by atoms with Crippen molar-refractivity contribution in [3.05, 3.63) is 35.9 Å². The smallest absolute Gasteiger partial charge is 0.0635 e. The Labute approximate surface area is 128 Å². The Morgan fingerprint density at radius 3 is 2.38 bits per heavy atom. The Morgan fingerprint density at radius 1 is 1.00 bits per heavy atom. The maximum absolute atomic E-state index is 8.84. The molecule has 1 aromatic rings. The molecule has 2 saturated heterocycles. The standard InChI is InChI=1S/C18H25N3/c19-11-6-14-20-12-4-9-17(20)18-10-5-13-21(18)15-16-7-2-1-3-8-16/h1-3,7-8,17-18H,4-6,9-10,12-15H2/t17-,18-/m0/s1. The number of benzene rings is 1. The maximum Gasteiger partial charge on any atom is 0.0635 e. The van der Waals surface area contributed by atoms with Gasteiger partial charge in [-0.25, -0.2) is 0 Å². The molecule has 0 radical (unpaired) electrons. The molecule has 3 rings (SSSR count). The van der Waals surface area contributed by atoms with Gasteiger partial charge < -0.3 is 0 Å². The second kappa shape index (κ2) is 7.06. The quantitative estimate of drug-likeness (QED) is 0.832. The molecule has 112 valence electrons. The fourth-order valence-electron chi connectivity index (χ4n) is 4.06. The van der Waals surface area contributed by atoms with E-state index < -0.39 is 0 Å². The molecule has 0 bridgehead atoms. The molecule has 2 atom stereocenters. The molecule has 0 spiro atoms. The molecule has 0 amide bonds. The lowest BCUT2D eigenvalue weighted by molar-refractivity contribution is 0.130. The Kier molecular flexibility index (Phi) is 4.90. The van der Waals surface area contributed by atoms with Crippen molar-refractivity contribution in [3.8, 4) is 6.07 Å². The minimum atomic E-state index is 0.669. The van der Waals surface area contributed by atoms with Gasteiger partial charge in [-0.05, 0) is 44.3 Å². The summed E-state index contributed by atoms with van der Waals surface area (Å²) < 4.78 is 0. The molecule has 0 N–H and O–H groups in total. The molecule has 3 nitrogen and oxygen atoms in total. The van der Waals surface area contributed by atoms with E-state index in [1.54, 1.807) is 0 Å². The number of nitrogens with zero attached hydrogens (tertiary/aromatic N) is 3. The molecule has 2 fully saturated rings. The summed E-state index contributed by atoms with van der Waals surface area (Å²) in [5, 5.41) is 8.84. The summed E-state index contributed by atoms with van der Waals surface area (Å²) in [5.74, 6) is 0. The third-order valence-electron chi connectivity index (χ3n) is 5.01. The van der Waals surface area contributed by atoms with Gasteiger partial charge in [0, 0.05) is 31.6 Å². The minimum Gasteiger partial charge on any atom is -0.298 e. The van der Waals surface area contributed by atoms with E-state index >= 15 is 0 Å². The van der Waals surface area contributed by atoms with Gasteiger partial charge in [-0.3, -0.25) is 9.80 Å². The van der Waals surface area contributed by atoms with E-state index in [2.05, 4.69) is 46.2 Å². The van der Waals surface area contributed by atoms with Crippen molar-refractivity contribution in [1.29, 1.82) is 5.26 Å². The molecule has 1 aromatic carbocycles. The number of hydrogen-bond acceptors (Lipinski definition) is 3. The van der Waals surface area contributed by atoms with Crippen LogP contribution in [0.2, 0.25) is 0 Å². The van der Waals surface area contributed by atoms with Crippen LogP contribution in [0.3, 0.4) is 0 Å². The third-order valence-corrected chi connectivity index (χ3v) is 5.01. The molecule has 0 aliphatic carbocycles. The van der Waals surface area contributed by atoms with Crippen molar-refractivity contribution in [1.82, 2.24) is 9.80 Å². The first-order valence-electron chi connectivity index (χ1n) is 8.27. The van der Waals surface area contributed by atoms with Crippen LogP contribution < -0.4 is 0 Å². The zero-order valence-corrected chi connectivity index (χ0v) is 12.7. The SMILES string of the molecule is N#CCCN1CCC[C@H]1[C@@H]1CCCN1Cc1ccccc1. The molecule has 21 heavy (non-hydrogen) atoms. The zero-order valence-electron chi connectivity index (χ0n) is 12.7. The molecule has 2 aliphatic heterocycles. The lowest BCUT2D eigenvalue weighted by Crippen LogP contribution is -2.46. The van der Waals surface area contributed by atoms with Gasteiger partial charge in [-0.15, -0.1) is 0 Å². The van der Waals surface area contributed by atoms with Gasteiger partial charge >= 0.3 is 0 Å². The molecular weight excluding hydrogens is 258 g/mol. The largest absolute Gasteiger partial charge is 0.298 e. The van der Waals surface area contributed by atoms with E-state index in [-0.39, 0.29) is 0 Å². The number of rotatable bonds is 5. The van der Waals surface area contributed by atoms with Crippen molar-refractivity contribution < 1.29 is 0 Å². The Hall–Kier alpha value is -1.37. The second-order valence-electron chi connectivity index (χ2n) is 6.32. The monoisotopic (exact) mass is 283 g/mol. The summed E-state index contributed by atoms with van der Waals surface area (Å²) in [7, 11) is 0. The number of likely N-dealkylation sites (tertiary alicyclic amines) is 2. The van der Waals surface area contributed by atoms with Crippen LogP contribution in [0.4, 0.5) is 0 Å². The lowest BCUT2D eigenvalue weighted by Gasteiger charge is -2.34. The van der Waals surface area contributed by atoms with E-state index in [4.69, 9.17) is 5.26 Å². The first-order valence-corrected chi connectivity index (χ1v) is 8.27. The highest BCUT2D eigenvalue weighted by Crippen LogP contribution is 2.31. The molecule has 0 aromatic heterocycles. The van der Waals surface area contributed by atoms with E-state index in [9.17, 15) is 0 Å². The van der Waals surface area contributed by atoms with Gasteiger partial charge in [0.25, 0.3) is 0 Å². The number of nitriles is 1. The fraction of sp³-hybridized carbons (Fsp3) is 0.611. The zero-order chi connectivity index (χ0) is 14.5. The van der Waals surface area contributed by atoms with E-state index in [0.717, 1.165) is 13.1 Å². The van der Waals surface area contributed by atoms with Crippen molar-refractivity contribution in [3.63, 3.8) is 0 Å². The van der Waals surface area contributed by atoms with Crippen LogP contribution in [-0.2, 0) is 6.54 Å². The van der Waals surface area contributed by atoms with Crippen LogP contribution in [0.5, 0.6) is 0 Å². The topological polar surface area (TPSA) is 30.3 Å². The second-order valence-corrected chi connectivity index (χ2v) is 6.32. The Balaban J connectivity index is 1.64. The van der Waals surface area contributed by atoms with E-state index in [1.165, 1.54) is 44.3 Å². The van der Waals surface area contributed by atoms with Crippen molar-refractivity contribution in [2.24, 2.45) is 0 Å². The highest BCUT2D eigenvalue weighted by Gasteiger charge is 2.37. The molecule has 0 unspecified atom stereocenters. The van der Waals surface area contributed by atoms with E-state index in [1.807, 2.05) is 0 Å². The highest BCUT2D eigenvalue weighted by molar-refractivity contribution is 5.15. The fourth-order valence-corrected chi connectivity index (χ4v) is 4.06. The van der Waals surface area contributed by atoms with Crippen LogP contribution in [0.1, 0.15) is 37.7 Å². The van der Waals surface area contributed by atoms with Crippen molar-refractivity contribution in [2.75, 3.05) is 19.6 Å². The van der Waals surface area contributed by atoms with Gasteiger partial charge in [-0.1, -0.05) is 30.3 Å². The summed E-state index contributed by atoms with van der Waals surface area (Å²) in [6.45, 7) is 4.44. The predicted octanol–water partition coefficient (Wildman–Crippen LogP) is 3.03. The summed E-state index contributed by atoms with van der Waals surface area (Å²) >= 11 is 0. The van der Waals surface area contributed by atoms with Crippen molar-refractivity contribution in [2.45, 2.75) is 50.7 Å². The third kappa shape index (κ3) is 3.45. The van der Waals surface area contributed by atoms with E-state index in [0.29, 0.717) is 18.5 Å². The van der Waals surface area contributed by atoms with Crippen LogP contribution in [0, 0.1) is 11.3 Å². The normalized spacial score (nSPS) is 27.0. The van der Waals surface area contributed by atoms with Crippen LogP contribution >= 0.6 is 0 Å². The first kappa shape index (κ1) is 14.6. The summed E-state index contributed by atoms with van der Waals surface area (Å²) in [5.41, 5.74) is 1.42. The molecule has 2 heterocycles. The number of hydrogen-bond donors (Lipinski definition) is 0. The van der Waals surface area contributed by atoms with Crippen LogP contribution in [0.25, 0.3) is 0 Å². The maximum atomic E-state index is 8.84. The molecule has 3 heteroatoms. The molecule has 0 saturated carbocycles. The van der Waals surface area contributed by atoms with Gasteiger partial charge in [0.15, 0.2) is 0 Å². The predicted molar refractivity (Wildman–Crippen MR) is 84.7 cm³/mol. The first-order chi connectivity index (χ1) is 10.4. The van der Waals surface area contributed by atoms with Crippen LogP contribution in [-0.4, -0.2) is 41.5 Å². The van der Waals surface area contributed by atoms with Crippen molar-refractivity contribution >= 4 is 0 Å². The summed E-state index contributed by atoms with van der Waals surface area (Å²) in [4.78, 5) is 5.24. The van der Waals surface area contributed by atoms with Gasteiger partial charge in [-0.2, -0.15) is 5.26 Å². The van der Waals surface area contributed by atoms with Crippen LogP contribution in [0.15, 0.2) is 30.3 Å². The lowest BCUT2D eigenvalue weighted by atomic mass is 10.0. The average Bonchev–Trinajstić information content (AvgIpc) is 3.14. The Bertz CT molecular complexity index is 479. The minimum absolute atomic E-state index is 0.669.